The maximum atomic E-state index is 12.8. The summed E-state index contributed by atoms with van der Waals surface area (Å²) in [5.41, 5.74) is 4.11. The van der Waals surface area contributed by atoms with Crippen LogP contribution in [0.3, 0.4) is 0 Å². The molecule has 0 saturated heterocycles. The van der Waals surface area contributed by atoms with E-state index in [-0.39, 0.29) is 12.3 Å². The maximum absolute atomic E-state index is 12.8. The summed E-state index contributed by atoms with van der Waals surface area (Å²) in [6.45, 7) is 0. The van der Waals surface area contributed by atoms with Gasteiger partial charge in [-0.3, -0.25) is 4.79 Å². The van der Waals surface area contributed by atoms with Crippen LogP contribution >= 0.6 is 11.6 Å². The third kappa shape index (κ3) is 4.73. The molecule has 0 aliphatic rings. The number of amides is 1. The fourth-order valence-electron chi connectivity index (χ4n) is 3.73. The average Bonchev–Trinajstić information content (AvgIpc) is 3.21. The Morgan fingerprint density at radius 1 is 1.00 bits per heavy atom. The molecule has 8 heteroatoms. The van der Waals surface area contributed by atoms with Crippen molar-refractivity contribution in [1.29, 1.82) is 0 Å². The lowest BCUT2D eigenvalue weighted by molar-refractivity contribution is -0.116. The zero-order valence-corrected chi connectivity index (χ0v) is 19.3. The van der Waals surface area contributed by atoms with Gasteiger partial charge in [-0.05, 0) is 30.7 Å². The van der Waals surface area contributed by atoms with Crippen LogP contribution in [0.4, 0.5) is 5.69 Å². The van der Waals surface area contributed by atoms with Crippen molar-refractivity contribution in [1.82, 2.24) is 9.38 Å². The lowest BCUT2D eigenvalue weighted by Gasteiger charge is -2.14. The normalized spacial score (nSPS) is 10.8. The smallest absolute Gasteiger partial charge is 0.224 e. The van der Waals surface area contributed by atoms with E-state index in [2.05, 4.69) is 5.32 Å². The molecule has 0 atom stereocenters. The summed E-state index contributed by atoms with van der Waals surface area (Å²) in [5, 5.41) is 3.58. The molecule has 0 unspecified atom stereocenters. The van der Waals surface area contributed by atoms with Crippen LogP contribution in [0.1, 0.15) is 12.1 Å². The fraction of sp³-hybridized carbons (Fsp3) is 0.200. The first-order valence-corrected chi connectivity index (χ1v) is 10.7. The number of carbonyl (C=O) groups excluding carboxylic acids is 1. The third-order valence-electron chi connectivity index (χ3n) is 5.28. The van der Waals surface area contributed by atoms with Gasteiger partial charge in [0, 0.05) is 41.0 Å². The molecule has 7 nitrogen and oxygen atoms in total. The van der Waals surface area contributed by atoms with Crippen molar-refractivity contribution >= 4 is 28.8 Å². The van der Waals surface area contributed by atoms with E-state index in [0.717, 1.165) is 22.6 Å². The number of hydrogen-bond acceptors (Lipinski definition) is 5. The number of pyridine rings is 1. The van der Waals surface area contributed by atoms with Crippen molar-refractivity contribution in [3.8, 4) is 28.5 Å². The number of halogens is 1. The number of methoxy groups -OCH3 is 3. The van der Waals surface area contributed by atoms with E-state index >= 15 is 0 Å². The number of imidazole rings is 1. The first-order chi connectivity index (χ1) is 16.0. The molecule has 1 N–H and O–H groups in total. The highest BCUT2D eigenvalue weighted by atomic mass is 35.5. The second kappa shape index (κ2) is 9.83. The Kier molecular flexibility index (Phi) is 6.70. The molecule has 0 bridgehead atoms. The van der Waals surface area contributed by atoms with Crippen LogP contribution in [-0.2, 0) is 11.2 Å². The lowest BCUT2D eigenvalue weighted by atomic mass is 10.1. The van der Waals surface area contributed by atoms with E-state index in [1.165, 1.54) is 21.3 Å². The molecule has 2 aromatic heterocycles. The van der Waals surface area contributed by atoms with E-state index < -0.39 is 0 Å². The van der Waals surface area contributed by atoms with Gasteiger partial charge in [0.05, 0.1) is 32.7 Å². The highest BCUT2D eigenvalue weighted by Crippen LogP contribution is 2.40. The van der Waals surface area contributed by atoms with Crippen LogP contribution in [0.2, 0.25) is 5.02 Å². The minimum absolute atomic E-state index is 0.141. The third-order valence-corrected chi connectivity index (χ3v) is 5.54. The Hall–Kier alpha value is -3.71. The number of aryl methyl sites for hydroxylation is 1. The number of rotatable bonds is 8. The summed E-state index contributed by atoms with van der Waals surface area (Å²) in [7, 11) is 4.60. The molecule has 4 rings (SSSR count). The summed E-state index contributed by atoms with van der Waals surface area (Å²) in [5.74, 6) is 1.27. The maximum Gasteiger partial charge on any atom is 0.224 e. The van der Waals surface area contributed by atoms with Crippen molar-refractivity contribution in [2.75, 3.05) is 26.6 Å². The predicted octanol–water partition coefficient (Wildman–Crippen LogP) is 5.25. The first kappa shape index (κ1) is 22.5. The van der Waals surface area contributed by atoms with Gasteiger partial charge in [0.25, 0.3) is 0 Å². The molecular formula is C25H24ClN3O4. The second-order valence-corrected chi connectivity index (χ2v) is 7.74. The molecule has 0 aliphatic carbocycles. The highest BCUT2D eigenvalue weighted by molar-refractivity contribution is 6.30. The molecule has 4 aromatic rings. The van der Waals surface area contributed by atoms with E-state index in [1.807, 2.05) is 53.1 Å². The van der Waals surface area contributed by atoms with E-state index in [1.54, 1.807) is 12.1 Å². The number of hydrogen-bond donors (Lipinski definition) is 1. The van der Waals surface area contributed by atoms with E-state index in [9.17, 15) is 4.79 Å². The van der Waals surface area contributed by atoms with Crippen molar-refractivity contribution < 1.29 is 19.0 Å². The minimum Gasteiger partial charge on any atom is -0.493 e. The van der Waals surface area contributed by atoms with Gasteiger partial charge in [0.15, 0.2) is 11.5 Å². The number of carbonyl (C=O) groups is 1. The Morgan fingerprint density at radius 2 is 1.70 bits per heavy atom. The summed E-state index contributed by atoms with van der Waals surface area (Å²) in [6, 6.07) is 16.8. The topological polar surface area (TPSA) is 74.1 Å². The van der Waals surface area contributed by atoms with Gasteiger partial charge >= 0.3 is 0 Å². The molecule has 2 aromatic carbocycles. The molecule has 0 radical (unpaired) electrons. The lowest BCUT2D eigenvalue weighted by Crippen LogP contribution is -2.13. The molecular weight excluding hydrogens is 442 g/mol. The molecule has 2 heterocycles. The zero-order valence-electron chi connectivity index (χ0n) is 18.6. The Balaban J connectivity index is 1.57. The van der Waals surface area contributed by atoms with E-state index in [0.29, 0.717) is 34.4 Å². The monoisotopic (exact) mass is 465 g/mol. The Labute approximate surface area is 196 Å². The van der Waals surface area contributed by atoms with Gasteiger partial charge in [-0.25, -0.2) is 4.98 Å². The van der Waals surface area contributed by atoms with Gasteiger partial charge in [0.1, 0.15) is 5.65 Å². The number of aromatic nitrogens is 2. The Bertz CT molecular complexity index is 1260. The fourth-order valence-corrected chi connectivity index (χ4v) is 3.86. The van der Waals surface area contributed by atoms with E-state index in [4.69, 9.17) is 30.8 Å². The number of nitrogens with one attached hydrogen (secondary N) is 1. The number of benzene rings is 2. The van der Waals surface area contributed by atoms with Crippen molar-refractivity contribution in [3.63, 3.8) is 0 Å². The number of anilines is 1. The van der Waals surface area contributed by atoms with Crippen LogP contribution in [0.5, 0.6) is 17.2 Å². The molecule has 0 saturated carbocycles. The zero-order chi connectivity index (χ0) is 23.4. The molecule has 0 fully saturated rings. The van der Waals surface area contributed by atoms with Crippen LogP contribution in [0.25, 0.3) is 16.9 Å². The highest BCUT2D eigenvalue weighted by Gasteiger charge is 2.17. The molecule has 1 amide bonds. The van der Waals surface area contributed by atoms with Gasteiger partial charge in [-0.2, -0.15) is 0 Å². The molecule has 0 spiro atoms. The van der Waals surface area contributed by atoms with Crippen molar-refractivity contribution in [3.05, 3.63) is 71.5 Å². The van der Waals surface area contributed by atoms with Crippen LogP contribution in [0, 0.1) is 0 Å². The average molecular weight is 466 g/mol. The van der Waals surface area contributed by atoms with Gasteiger partial charge in [-0.15, -0.1) is 0 Å². The van der Waals surface area contributed by atoms with Crippen LogP contribution < -0.4 is 19.5 Å². The largest absolute Gasteiger partial charge is 0.493 e. The SMILES string of the molecule is COc1cc(NC(=O)CCc2c(-c3ccc(Cl)cc3)nc3ccccn23)cc(OC)c1OC. The van der Waals surface area contributed by atoms with Crippen LogP contribution in [0.15, 0.2) is 60.8 Å². The molecule has 0 aliphatic heterocycles. The summed E-state index contributed by atoms with van der Waals surface area (Å²) < 4.78 is 18.1. The number of ether oxygens (including phenoxy) is 3. The summed E-state index contributed by atoms with van der Waals surface area (Å²) in [4.78, 5) is 17.6. The summed E-state index contributed by atoms with van der Waals surface area (Å²) in [6.07, 6.45) is 2.72. The van der Waals surface area contributed by atoms with Crippen molar-refractivity contribution in [2.45, 2.75) is 12.8 Å². The standard InChI is InChI=1S/C25H24ClN3O4/c1-31-20-14-18(15-21(32-2)25(20)33-3)27-23(30)12-11-19-24(16-7-9-17(26)10-8-16)28-22-6-4-5-13-29(19)22/h4-10,13-15H,11-12H2,1-3H3,(H,27,30). The first-order valence-electron chi connectivity index (χ1n) is 10.4. The minimum atomic E-state index is -0.141. The molecule has 33 heavy (non-hydrogen) atoms. The number of fused-ring (bicyclic) bond motifs is 1. The van der Waals surface area contributed by atoms with Gasteiger partial charge in [-0.1, -0.05) is 29.8 Å². The molecule has 170 valence electrons. The predicted molar refractivity (Wildman–Crippen MR) is 129 cm³/mol. The van der Waals surface area contributed by atoms with Crippen molar-refractivity contribution in [2.24, 2.45) is 0 Å². The quantitative estimate of drug-likeness (QED) is 0.384. The Morgan fingerprint density at radius 3 is 2.33 bits per heavy atom. The van der Waals surface area contributed by atoms with Gasteiger partial charge in [0.2, 0.25) is 11.7 Å². The summed E-state index contributed by atoms with van der Waals surface area (Å²) >= 11 is 6.06. The second-order valence-electron chi connectivity index (χ2n) is 7.31. The van der Waals surface area contributed by atoms with Crippen LogP contribution in [-0.4, -0.2) is 36.6 Å². The van der Waals surface area contributed by atoms with Gasteiger partial charge < -0.3 is 23.9 Å². The number of nitrogens with zero attached hydrogens (tertiary/aromatic N) is 2.